The van der Waals surface area contributed by atoms with Gasteiger partial charge in [-0.15, -0.1) is 11.3 Å². The lowest BCUT2D eigenvalue weighted by atomic mass is 9.99. The number of ether oxygens (including phenoxy) is 1. The minimum Gasteiger partial charge on any atom is -0.497 e. The minimum absolute atomic E-state index is 0.00173. The Morgan fingerprint density at radius 1 is 0.960 bits per heavy atom. The Morgan fingerprint density at radius 3 is 2.28 bits per heavy atom. The zero-order valence-electron chi connectivity index (χ0n) is 14.4. The Bertz CT molecular complexity index is 955. The van der Waals surface area contributed by atoms with Crippen molar-refractivity contribution in [1.29, 1.82) is 0 Å². The van der Waals surface area contributed by atoms with Gasteiger partial charge in [0, 0.05) is 16.0 Å². The number of aryl methyl sites for hydroxylation is 1. The van der Waals surface area contributed by atoms with Crippen molar-refractivity contribution in [2.45, 2.75) is 13.8 Å². The van der Waals surface area contributed by atoms with Crippen molar-refractivity contribution >= 4 is 17.1 Å². The largest absolute Gasteiger partial charge is 0.497 e. The van der Waals surface area contributed by atoms with E-state index in [1.54, 1.807) is 42.7 Å². The molecule has 3 rings (SSSR count). The van der Waals surface area contributed by atoms with Crippen molar-refractivity contribution < 1.29 is 9.53 Å². The van der Waals surface area contributed by atoms with Crippen molar-refractivity contribution in [2.75, 3.05) is 7.11 Å². The zero-order valence-corrected chi connectivity index (χ0v) is 15.2. The second-order valence-electron chi connectivity index (χ2n) is 5.66. The maximum absolute atomic E-state index is 13.0. The molecule has 0 atom stereocenters. The highest BCUT2D eigenvalue weighted by Gasteiger charge is 2.20. The van der Waals surface area contributed by atoms with Gasteiger partial charge in [-0.2, -0.15) is 0 Å². The van der Waals surface area contributed by atoms with Gasteiger partial charge in [0.2, 0.25) is 0 Å². The Hall–Kier alpha value is -2.83. The van der Waals surface area contributed by atoms with E-state index in [2.05, 4.69) is 11.8 Å². The molecular weight excluding hydrogens is 328 g/mol. The van der Waals surface area contributed by atoms with Crippen LogP contribution in [0.4, 0.5) is 0 Å². The molecule has 2 nitrogen and oxygen atoms in total. The molecule has 0 bridgehead atoms. The number of carbonyl (C=O) groups excluding carboxylic acids is 1. The van der Waals surface area contributed by atoms with Crippen molar-refractivity contribution in [1.82, 2.24) is 0 Å². The number of benzene rings is 2. The quantitative estimate of drug-likeness (QED) is 0.492. The van der Waals surface area contributed by atoms with Gasteiger partial charge in [0.15, 0.2) is 5.78 Å². The van der Waals surface area contributed by atoms with Crippen LogP contribution in [0.15, 0.2) is 54.6 Å². The lowest BCUT2D eigenvalue weighted by molar-refractivity contribution is 0.103. The highest BCUT2D eigenvalue weighted by Crippen LogP contribution is 2.29. The first-order valence-corrected chi connectivity index (χ1v) is 8.77. The normalized spacial score (nSPS) is 10.0. The van der Waals surface area contributed by atoms with E-state index >= 15 is 0 Å². The van der Waals surface area contributed by atoms with Crippen LogP contribution < -0.4 is 4.74 Å². The predicted molar refractivity (Wildman–Crippen MR) is 103 cm³/mol. The highest BCUT2D eigenvalue weighted by molar-refractivity contribution is 7.13. The number of methoxy groups -OCH3 is 1. The van der Waals surface area contributed by atoms with E-state index in [0.29, 0.717) is 11.1 Å². The molecule has 3 heteroatoms. The summed E-state index contributed by atoms with van der Waals surface area (Å²) in [5, 5.41) is 0. The summed E-state index contributed by atoms with van der Waals surface area (Å²) >= 11 is 1.57. The molecule has 2 aromatic carbocycles. The summed E-state index contributed by atoms with van der Waals surface area (Å²) in [7, 11) is 1.61. The topological polar surface area (TPSA) is 26.3 Å². The van der Waals surface area contributed by atoms with Gasteiger partial charge in [-0.05, 0) is 61.7 Å². The van der Waals surface area contributed by atoms with Crippen molar-refractivity contribution in [2.24, 2.45) is 0 Å². The van der Waals surface area contributed by atoms with Gasteiger partial charge in [-0.3, -0.25) is 4.79 Å². The van der Waals surface area contributed by atoms with E-state index in [9.17, 15) is 4.79 Å². The molecule has 0 aliphatic rings. The molecule has 0 radical (unpaired) electrons. The maximum atomic E-state index is 13.0. The molecule has 1 heterocycles. The van der Waals surface area contributed by atoms with Crippen LogP contribution in [0.25, 0.3) is 0 Å². The highest BCUT2D eigenvalue weighted by atomic mass is 32.1. The molecule has 0 N–H and O–H groups in total. The van der Waals surface area contributed by atoms with E-state index in [0.717, 1.165) is 26.6 Å². The maximum Gasteiger partial charge on any atom is 0.195 e. The first kappa shape index (κ1) is 17.0. The van der Waals surface area contributed by atoms with Crippen molar-refractivity contribution in [3.63, 3.8) is 0 Å². The molecule has 124 valence electrons. The first-order valence-electron chi connectivity index (χ1n) is 7.96. The number of ketones is 1. The number of rotatable bonds is 3. The lowest BCUT2D eigenvalue weighted by Gasteiger charge is -2.04. The molecule has 0 unspecified atom stereocenters. The van der Waals surface area contributed by atoms with Crippen LogP contribution in [0, 0.1) is 25.7 Å². The molecule has 25 heavy (non-hydrogen) atoms. The van der Waals surface area contributed by atoms with Crippen molar-refractivity contribution in [3.8, 4) is 17.6 Å². The fourth-order valence-corrected chi connectivity index (χ4v) is 3.54. The molecule has 0 spiro atoms. The van der Waals surface area contributed by atoms with Gasteiger partial charge in [-0.1, -0.05) is 24.1 Å². The van der Waals surface area contributed by atoms with Crippen LogP contribution in [0.1, 0.15) is 36.8 Å². The Kier molecular flexibility index (Phi) is 5.02. The van der Waals surface area contributed by atoms with Crippen LogP contribution in [-0.4, -0.2) is 12.9 Å². The summed E-state index contributed by atoms with van der Waals surface area (Å²) in [6.07, 6.45) is 0. The smallest absolute Gasteiger partial charge is 0.195 e. The molecule has 0 saturated carbocycles. The van der Waals surface area contributed by atoms with E-state index in [4.69, 9.17) is 4.74 Å². The summed E-state index contributed by atoms with van der Waals surface area (Å²) in [6.45, 7) is 4.01. The molecule has 0 aliphatic carbocycles. The standard InChI is InChI=1S/C22H18O2S/c1-15-16(2)25-20(14-9-17-7-5-4-6-8-17)21(15)22(23)18-10-12-19(24-3)13-11-18/h4-8,10-13H,1-3H3. The summed E-state index contributed by atoms with van der Waals surface area (Å²) in [6, 6.07) is 17.0. The molecule has 0 fully saturated rings. The average molecular weight is 346 g/mol. The Balaban J connectivity index is 2.01. The zero-order chi connectivity index (χ0) is 17.8. The van der Waals surface area contributed by atoms with Gasteiger partial charge in [-0.25, -0.2) is 0 Å². The molecule has 3 aromatic rings. The fraction of sp³-hybridized carbons (Fsp3) is 0.136. The van der Waals surface area contributed by atoms with E-state index < -0.39 is 0 Å². The van der Waals surface area contributed by atoms with Gasteiger partial charge >= 0.3 is 0 Å². The van der Waals surface area contributed by atoms with E-state index in [1.807, 2.05) is 44.2 Å². The molecule has 0 saturated heterocycles. The number of thiophene rings is 1. The third kappa shape index (κ3) is 3.65. The number of hydrogen-bond acceptors (Lipinski definition) is 3. The van der Waals surface area contributed by atoms with E-state index in [1.165, 1.54) is 0 Å². The Morgan fingerprint density at radius 2 is 1.64 bits per heavy atom. The van der Waals surface area contributed by atoms with Crippen LogP contribution in [0.5, 0.6) is 5.75 Å². The summed E-state index contributed by atoms with van der Waals surface area (Å²) < 4.78 is 5.16. The van der Waals surface area contributed by atoms with Crippen molar-refractivity contribution in [3.05, 3.63) is 86.6 Å². The molecule has 0 aliphatic heterocycles. The van der Waals surface area contributed by atoms with Crippen LogP contribution in [-0.2, 0) is 0 Å². The van der Waals surface area contributed by atoms with Crippen LogP contribution >= 0.6 is 11.3 Å². The monoisotopic (exact) mass is 346 g/mol. The van der Waals surface area contributed by atoms with Gasteiger partial charge in [0.1, 0.15) is 5.75 Å². The summed E-state index contributed by atoms with van der Waals surface area (Å²) in [5.41, 5.74) is 3.29. The summed E-state index contributed by atoms with van der Waals surface area (Å²) in [5.74, 6) is 7.08. The molecule has 0 amide bonds. The SMILES string of the molecule is COc1ccc(C(=O)c2c(C#Cc3ccccc3)sc(C)c2C)cc1. The summed E-state index contributed by atoms with van der Waals surface area (Å²) in [4.78, 5) is 14.9. The second-order valence-corrected chi connectivity index (χ2v) is 6.89. The van der Waals surface area contributed by atoms with Gasteiger partial charge in [0.25, 0.3) is 0 Å². The van der Waals surface area contributed by atoms with Gasteiger partial charge in [0.05, 0.1) is 17.6 Å². The fourth-order valence-electron chi connectivity index (χ4n) is 2.53. The van der Waals surface area contributed by atoms with Crippen LogP contribution in [0.2, 0.25) is 0 Å². The first-order chi connectivity index (χ1) is 12.1. The number of hydrogen-bond donors (Lipinski definition) is 0. The van der Waals surface area contributed by atoms with Gasteiger partial charge < -0.3 is 4.74 Å². The third-order valence-corrected chi connectivity index (χ3v) is 5.18. The van der Waals surface area contributed by atoms with Crippen LogP contribution in [0.3, 0.4) is 0 Å². The minimum atomic E-state index is 0.00173. The second kappa shape index (κ2) is 7.38. The predicted octanol–water partition coefficient (Wildman–Crippen LogP) is 5.00. The average Bonchev–Trinajstić information content (AvgIpc) is 2.94. The Labute approximate surface area is 152 Å². The third-order valence-electron chi connectivity index (χ3n) is 4.06. The lowest BCUT2D eigenvalue weighted by Crippen LogP contribution is -2.04. The van der Waals surface area contributed by atoms with E-state index in [-0.39, 0.29) is 5.78 Å². The molecular formula is C22H18O2S. The molecule has 1 aromatic heterocycles. The number of carbonyl (C=O) groups is 1.